The number of rotatable bonds is 3. The first-order valence-electron chi connectivity index (χ1n) is 8.14. The number of hydrogen-bond acceptors (Lipinski definition) is 3. The fourth-order valence-electron chi connectivity index (χ4n) is 2.39. The van der Waals surface area contributed by atoms with Crippen molar-refractivity contribution in [2.75, 3.05) is 17.2 Å². The molecule has 3 aromatic carbocycles. The fraction of sp³-hybridized carbons (Fsp3) is 0.143. The van der Waals surface area contributed by atoms with Crippen LogP contribution in [0.25, 0.3) is 11.1 Å². The lowest BCUT2D eigenvalue weighted by Crippen LogP contribution is -1.87. The summed E-state index contributed by atoms with van der Waals surface area (Å²) in [6.07, 6.45) is 2.31. The Balaban J connectivity index is 0.000000185. The number of nitrogens with two attached hydrogens (primary N) is 3. The van der Waals surface area contributed by atoms with Crippen LogP contribution in [0.2, 0.25) is 0 Å². The summed E-state index contributed by atoms with van der Waals surface area (Å²) in [5, 5.41) is 0. The van der Waals surface area contributed by atoms with Gasteiger partial charge >= 0.3 is 0 Å². The second kappa shape index (κ2) is 8.63. The molecule has 0 saturated carbocycles. The van der Waals surface area contributed by atoms with Crippen molar-refractivity contribution >= 4 is 17.1 Å². The smallest absolute Gasteiger partial charge is 0.0316 e. The average Bonchev–Trinajstić information content (AvgIpc) is 2.57. The topological polar surface area (TPSA) is 78.1 Å². The van der Waals surface area contributed by atoms with Crippen molar-refractivity contribution in [3.63, 3.8) is 0 Å². The first kappa shape index (κ1) is 17.4. The van der Waals surface area contributed by atoms with E-state index in [-0.39, 0.29) is 0 Å². The van der Waals surface area contributed by atoms with E-state index in [4.69, 9.17) is 17.2 Å². The van der Waals surface area contributed by atoms with Gasteiger partial charge in [-0.25, -0.2) is 0 Å². The van der Waals surface area contributed by atoms with Crippen molar-refractivity contribution in [1.82, 2.24) is 0 Å². The molecule has 0 heterocycles. The van der Waals surface area contributed by atoms with Crippen molar-refractivity contribution in [2.24, 2.45) is 0 Å². The van der Waals surface area contributed by atoms with Crippen LogP contribution >= 0.6 is 0 Å². The third kappa shape index (κ3) is 5.36. The molecule has 0 spiro atoms. The van der Waals surface area contributed by atoms with E-state index < -0.39 is 0 Å². The first-order chi connectivity index (χ1) is 11.6. The normalized spacial score (nSPS) is 9.88. The van der Waals surface area contributed by atoms with Gasteiger partial charge in [-0.05, 0) is 59.5 Å². The largest absolute Gasteiger partial charge is 0.399 e. The molecular formula is C21H25N3. The van der Waals surface area contributed by atoms with E-state index in [9.17, 15) is 0 Å². The molecule has 0 radical (unpaired) electrons. The van der Waals surface area contributed by atoms with Gasteiger partial charge in [0.25, 0.3) is 0 Å². The van der Waals surface area contributed by atoms with Gasteiger partial charge in [0.1, 0.15) is 0 Å². The highest BCUT2D eigenvalue weighted by atomic mass is 14.5. The Labute approximate surface area is 144 Å². The number of aryl methyl sites for hydroxylation is 1. The molecule has 0 aliphatic heterocycles. The molecule has 0 atom stereocenters. The zero-order valence-corrected chi connectivity index (χ0v) is 14.1. The van der Waals surface area contributed by atoms with Crippen molar-refractivity contribution in [1.29, 1.82) is 0 Å². The van der Waals surface area contributed by atoms with Crippen molar-refractivity contribution in [3.8, 4) is 11.1 Å². The van der Waals surface area contributed by atoms with Gasteiger partial charge in [0.15, 0.2) is 0 Å². The van der Waals surface area contributed by atoms with Gasteiger partial charge in [-0.1, -0.05) is 49.7 Å². The average molecular weight is 319 g/mol. The number of benzene rings is 3. The molecule has 0 amide bonds. The number of hydrogen-bond donors (Lipinski definition) is 3. The summed E-state index contributed by atoms with van der Waals surface area (Å²) in [5.74, 6) is 0. The SMILES string of the molecule is CCCc1cccc(N)c1.Nc1ccc(-c2ccc(N)cc2)cc1. The van der Waals surface area contributed by atoms with E-state index in [1.165, 1.54) is 12.0 Å². The Morgan fingerprint density at radius 1 is 0.625 bits per heavy atom. The molecule has 0 bridgehead atoms. The van der Waals surface area contributed by atoms with Crippen LogP contribution in [0.3, 0.4) is 0 Å². The van der Waals surface area contributed by atoms with E-state index in [0.29, 0.717) is 0 Å². The standard InChI is InChI=1S/C12H12N2.C9H13N/c13-11-5-1-9(2-6-11)10-3-7-12(14)8-4-10;1-2-4-8-5-3-6-9(10)7-8/h1-8H,13-14H2;3,5-7H,2,4,10H2,1H3. The molecule has 0 aromatic heterocycles. The summed E-state index contributed by atoms with van der Waals surface area (Å²) in [6, 6.07) is 23.6. The van der Waals surface area contributed by atoms with Crippen LogP contribution in [0, 0.1) is 0 Å². The highest BCUT2D eigenvalue weighted by Gasteiger charge is 1.96. The van der Waals surface area contributed by atoms with E-state index in [1.807, 2.05) is 66.7 Å². The third-order valence-corrected chi connectivity index (χ3v) is 3.64. The zero-order valence-electron chi connectivity index (χ0n) is 14.1. The summed E-state index contributed by atoms with van der Waals surface area (Å²) in [6.45, 7) is 2.17. The van der Waals surface area contributed by atoms with Crippen LogP contribution in [-0.2, 0) is 6.42 Å². The van der Waals surface area contributed by atoms with E-state index in [1.54, 1.807) is 0 Å². The van der Waals surface area contributed by atoms with Crippen LogP contribution in [0.4, 0.5) is 17.1 Å². The Morgan fingerprint density at radius 2 is 1.12 bits per heavy atom. The highest BCUT2D eigenvalue weighted by molar-refractivity contribution is 5.67. The molecule has 3 aromatic rings. The minimum absolute atomic E-state index is 0.782. The lowest BCUT2D eigenvalue weighted by Gasteiger charge is -2.02. The Kier molecular flexibility index (Phi) is 6.26. The molecule has 0 saturated heterocycles. The summed E-state index contributed by atoms with van der Waals surface area (Å²) < 4.78 is 0. The van der Waals surface area contributed by atoms with Crippen molar-refractivity contribution in [2.45, 2.75) is 19.8 Å². The van der Waals surface area contributed by atoms with Crippen LogP contribution < -0.4 is 17.2 Å². The lowest BCUT2D eigenvalue weighted by atomic mass is 10.1. The monoisotopic (exact) mass is 319 g/mol. The van der Waals surface area contributed by atoms with E-state index >= 15 is 0 Å². The van der Waals surface area contributed by atoms with Crippen LogP contribution in [0.5, 0.6) is 0 Å². The minimum Gasteiger partial charge on any atom is -0.399 e. The second-order valence-corrected chi connectivity index (χ2v) is 5.74. The van der Waals surface area contributed by atoms with Gasteiger partial charge in [-0.15, -0.1) is 0 Å². The third-order valence-electron chi connectivity index (χ3n) is 3.64. The second-order valence-electron chi connectivity index (χ2n) is 5.74. The number of anilines is 3. The van der Waals surface area contributed by atoms with Gasteiger partial charge in [-0.3, -0.25) is 0 Å². The first-order valence-corrected chi connectivity index (χ1v) is 8.14. The maximum Gasteiger partial charge on any atom is 0.0316 e. The van der Waals surface area contributed by atoms with E-state index in [0.717, 1.165) is 34.6 Å². The molecule has 6 N–H and O–H groups in total. The summed E-state index contributed by atoms with van der Waals surface area (Å²) >= 11 is 0. The maximum atomic E-state index is 5.61. The Morgan fingerprint density at radius 3 is 1.54 bits per heavy atom. The molecule has 3 heteroatoms. The zero-order chi connectivity index (χ0) is 17.4. The predicted molar refractivity (Wildman–Crippen MR) is 106 cm³/mol. The fourth-order valence-corrected chi connectivity index (χ4v) is 2.39. The summed E-state index contributed by atoms with van der Waals surface area (Å²) in [5.41, 5.74) is 22.9. The van der Waals surface area contributed by atoms with Crippen molar-refractivity contribution in [3.05, 3.63) is 78.4 Å². The van der Waals surface area contributed by atoms with E-state index in [2.05, 4.69) is 13.0 Å². The lowest BCUT2D eigenvalue weighted by molar-refractivity contribution is 0.922. The van der Waals surface area contributed by atoms with Crippen LogP contribution in [0.1, 0.15) is 18.9 Å². The van der Waals surface area contributed by atoms with Crippen LogP contribution in [-0.4, -0.2) is 0 Å². The van der Waals surface area contributed by atoms with Gasteiger partial charge in [-0.2, -0.15) is 0 Å². The molecule has 0 aliphatic carbocycles. The summed E-state index contributed by atoms with van der Waals surface area (Å²) in [7, 11) is 0. The summed E-state index contributed by atoms with van der Waals surface area (Å²) in [4.78, 5) is 0. The minimum atomic E-state index is 0.782. The Bertz CT molecular complexity index is 703. The van der Waals surface area contributed by atoms with Gasteiger partial charge < -0.3 is 17.2 Å². The molecule has 0 aliphatic rings. The Hall–Kier alpha value is -2.94. The molecule has 24 heavy (non-hydrogen) atoms. The van der Waals surface area contributed by atoms with Gasteiger partial charge in [0.2, 0.25) is 0 Å². The van der Waals surface area contributed by atoms with Crippen molar-refractivity contribution < 1.29 is 0 Å². The molecular weight excluding hydrogens is 294 g/mol. The van der Waals surface area contributed by atoms with Crippen LogP contribution in [0.15, 0.2) is 72.8 Å². The molecule has 0 unspecified atom stereocenters. The van der Waals surface area contributed by atoms with Gasteiger partial charge in [0, 0.05) is 17.1 Å². The number of nitrogen functional groups attached to an aromatic ring is 3. The van der Waals surface area contributed by atoms with Gasteiger partial charge in [0.05, 0.1) is 0 Å². The molecule has 124 valence electrons. The predicted octanol–water partition coefficient (Wildman–Crippen LogP) is 4.74. The molecule has 3 rings (SSSR count). The highest BCUT2D eigenvalue weighted by Crippen LogP contribution is 2.21. The maximum absolute atomic E-state index is 5.61. The molecule has 0 fully saturated rings. The quantitative estimate of drug-likeness (QED) is 0.610. The molecule has 3 nitrogen and oxygen atoms in total.